The first-order chi connectivity index (χ1) is 9.17. The minimum absolute atomic E-state index is 0.730. The van der Waals surface area contributed by atoms with E-state index in [1.54, 1.807) is 0 Å². The van der Waals surface area contributed by atoms with Gasteiger partial charge in [0.25, 0.3) is 0 Å². The Morgan fingerprint density at radius 1 is 1.26 bits per heavy atom. The first-order valence-electron chi connectivity index (χ1n) is 6.85. The fraction of sp³-hybridized carbons (Fsp3) is 0.400. The van der Waals surface area contributed by atoms with Gasteiger partial charge in [-0.25, -0.2) is 4.68 Å². The molecule has 0 radical (unpaired) electrons. The van der Waals surface area contributed by atoms with E-state index in [1.807, 2.05) is 17.7 Å². The summed E-state index contributed by atoms with van der Waals surface area (Å²) in [4.78, 5) is 0. The van der Waals surface area contributed by atoms with Crippen LogP contribution >= 0.6 is 0 Å². The number of hydrogen-bond acceptors (Lipinski definition) is 3. The lowest BCUT2D eigenvalue weighted by atomic mass is 10.1. The summed E-state index contributed by atoms with van der Waals surface area (Å²) in [5, 5.41) is 7.87. The first kappa shape index (κ1) is 13.5. The smallest absolute Gasteiger partial charge is 0.152 e. The van der Waals surface area contributed by atoms with Crippen molar-refractivity contribution in [3.8, 4) is 0 Å². The molecular formula is C15H22N4. The molecule has 4 nitrogen and oxygen atoms in total. The Kier molecular flexibility index (Phi) is 4.10. The molecule has 0 fully saturated rings. The lowest BCUT2D eigenvalue weighted by molar-refractivity contribution is 0.661. The second kappa shape index (κ2) is 5.78. The molecule has 102 valence electrons. The number of nitrogens with two attached hydrogens (primary N) is 1. The standard InChI is InChI=1S/C15H22N4/c1-4-8-12-9-6-7-10-13(12)17-15-14(16)11(3)18-19(15)5-2/h6-7,9-10,17H,4-5,8,16H2,1-3H3. The van der Waals surface area contributed by atoms with Crippen LogP contribution in [0.4, 0.5) is 17.2 Å². The number of benzene rings is 1. The molecule has 1 aromatic carbocycles. The van der Waals surface area contributed by atoms with Gasteiger partial charge in [0.05, 0.1) is 11.4 Å². The summed E-state index contributed by atoms with van der Waals surface area (Å²) in [5.74, 6) is 0.892. The van der Waals surface area contributed by atoms with Crippen LogP contribution < -0.4 is 11.1 Å². The van der Waals surface area contributed by atoms with Gasteiger partial charge < -0.3 is 11.1 Å². The van der Waals surface area contributed by atoms with E-state index in [1.165, 1.54) is 5.56 Å². The van der Waals surface area contributed by atoms with Crippen molar-refractivity contribution in [1.82, 2.24) is 9.78 Å². The first-order valence-corrected chi connectivity index (χ1v) is 6.85. The molecule has 2 aromatic rings. The molecule has 3 N–H and O–H groups in total. The molecule has 2 rings (SSSR count). The molecule has 0 aliphatic rings. The van der Waals surface area contributed by atoms with Crippen LogP contribution in [0.5, 0.6) is 0 Å². The van der Waals surface area contributed by atoms with Crippen LogP contribution in [-0.2, 0) is 13.0 Å². The van der Waals surface area contributed by atoms with Crippen molar-refractivity contribution in [2.75, 3.05) is 11.1 Å². The van der Waals surface area contributed by atoms with E-state index < -0.39 is 0 Å². The molecule has 0 atom stereocenters. The summed E-state index contributed by atoms with van der Waals surface area (Å²) >= 11 is 0. The molecule has 19 heavy (non-hydrogen) atoms. The highest BCUT2D eigenvalue weighted by Crippen LogP contribution is 2.28. The predicted octanol–water partition coefficient (Wildman–Crippen LogP) is 3.49. The predicted molar refractivity (Wildman–Crippen MR) is 80.8 cm³/mol. The van der Waals surface area contributed by atoms with Crippen LogP contribution in [-0.4, -0.2) is 9.78 Å². The molecule has 4 heteroatoms. The molecule has 1 heterocycles. The molecule has 1 aromatic heterocycles. The second-order valence-electron chi connectivity index (χ2n) is 4.70. The maximum absolute atomic E-state index is 6.11. The van der Waals surface area contributed by atoms with Gasteiger partial charge in [0.1, 0.15) is 0 Å². The van der Waals surface area contributed by atoms with E-state index in [0.717, 1.165) is 42.3 Å². The number of hydrogen-bond donors (Lipinski definition) is 2. The number of rotatable bonds is 5. The van der Waals surface area contributed by atoms with Crippen LogP contribution in [0.3, 0.4) is 0 Å². The molecule has 0 amide bonds. The van der Waals surface area contributed by atoms with Gasteiger partial charge in [-0.1, -0.05) is 31.5 Å². The minimum atomic E-state index is 0.730. The number of para-hydroxylation sites is 1. The Morgan fingerprint density at radius 2 is 2.00 bits per heavy atom. The summed E-state index contributed by atoms with van der Waals surface area (Å²) in [6.45, 7) is 6.99. The summed E-state index contributed by atoms with van der Waals surface area (Å²) < 4.78 is 1.91. The second-order valence-corrected chi connectivity index (χ2v) is 4.70. The van der Waals surface area contributed by atoms with Crippen LogP contribution in [0.2, 0.25) is 0 Å². The normalized spacial score (nSPS) is 10.7. The maximum atomic E-state index is 6.11. The molecule has 0 bridgehead atoms. The Morgan fingerprint density at radius 3 is 2.68 bits per heavy atom. The largest absolute Gasteiger partial charge is 0.394 e. The Hall–Kier alpha value is -1.97. The van der Waals surface area contributed by atoms with Crippen molar-refractivity contribution < 1.29 is 0 Å². The third kappa shape index (κ3) is 2.72. The number of nitrogens with one attached hydrogen (secondary N) is 1. The number of aryl methyl sites for hydroxylation is 3. The highest BCUT2D eigenvalue weighted by atomic mass is 15.3. The zero-order valence-corrected chi connectivity index (χ0v) is 11.9. The van der Waals surface area contributed by atoms with Gasteiger partial charge in [-0.2, -0.15) is 5.10 Å². The van der Waals surface area contributed by atoms with Crippen LogP contribution in [0.1, 0.15) is 31.5 Å². The summed E-state index contributed by atoms with van der Waals surface area (Å²) in [7, 11) is 0. The van der Waals surface area contributed by atoms with E-state index in [0.29, 0.717) is 0 Å². The SMILES string of the molecule is CCCc1ccccc1Nc1c(N)c(C)nn1CC. The van der Waals surface area contributed by atoms with Gasteiger partial charge in [-0.3, -0.25) is 0 Å². The summed E-state index contributed by atoms with van der Waals surface area (Å²) in [6.07, 6.45) is 2.18. The van der Waals surface area contributed by atoms with Crippen LogP contribution in [0, 0.1) is 6.92 Å². The third-order valence-electron chi connectivity index (χ3n) is 3.26. The monoisotopic (exact) mass is 258 g/mol. The van der Waals surface area contributed by atoms with Crippen molar-refractivity contribution in [2.24, 2.45) is 0 Å². The highest BCUT2D eigenvalue weighted by Gasteiger charge is 2.12. The lowest BCUT2D eigenvalue weighted by Gasteiger charge is -2.13. The molecule has 0 spiro atoms. The van der Waals surface area contributed by atoms with Crippen molar-refractivity contribution in [3.63, 3.8) is 0 Å². The summed E-state index contributed by atoms with van der Waals surface area (Å²) in [6, 6.07) is 8.35. The Labute approximate surface area is 114 Å². The fourth-order valence-electron chi connectivity index (χ4n) is 2.21. The molecule has 0 aliphatic carbocycles. The Bertz CT molecular complexity index is 557. The van der Waals surface area contributed by atoms with Crippen molar-refractivity contribution in [1.29, 1.82) is 0 Å². The third-order valence-corrected chi connectivity index (χ3v) is 3.26. The molecule has 0 unspecified atom stereocenters. The van der Waals surface area contributed by atoms with Gasteiger partial charge in [0, 0.05) is 12.2 Å². The number of nitrogens with zero attached hydrogens (tertiary/aromatic N) is 2. The van der Waals surface area contributed by atoms with Crippen molar-refractivity contribution in [3.05, 3.63) is 35.5 Å². The van der Waals surface area contributed by atoms with Gasteiger partial charge in [0.15, 0.2) is 5.82 Å². The Balaban J connectivity index is 2.36. The maximum Gasteiger partial charge on any atom is 0.152 e. The van der Waals surface area contributed by atoms with E-state index >= 15 is 0 Å². The molecular weight excluding hydrogens is 236 g/mol. The van der Waals surface area contributed by atoms with Crippen LogP contribution in [0.15, 0.2) is 24.3 Å². The topological polar surface area (TPSA) is 55.9 Å². The van der Waals surface area contributed by atoms with E-state index in [2.05, 4.69) is 42.5 Å². The average molecular weight is 258 g/mol. The zero-order valence-electron chi connectivity index (χ0n) is 11.9. The van der Waals surface area contributed by atoms with Crippen LogP contribution in [0.25, 0.3) is 0 Å². The van der Waals surface area contributed by atoms with Crippen molar-refractivity contribution >= 4 is 17.2 Å². The quantitative estimate of drug-likeness (QED) is 0.863. The number of nitrogen functional groups attached to an aromatic ring is 1. The molecule has 0 aliphatic heterocycles. The molecule has 0 saturated carbocycles. The van der Waals surface area contributed by atoms with Gasteiger partial charge in [-0.15, -0.1) is 0 Å². The highest BCUT2D eigenvalue weighted by molar-refractivity contribution is 5.72. The van der Waals surface area contributed by atoms with Crippen molar-refractivity contribution in [2.45, 2.75) is 40.2 Å². The summed E-state index contributed by atoms with van der Waals surface area (Å²) in [5.41, 5.74) is 10.1. The number of aromatic nitrogens is 2. The minimum Gasteiger partial charge on any atom is -0.394 e. The zero-order chi connectivity index (χ0) is 13.8. The van der Waals surface area contributed by atoms with Gasteiger partial charge in [0.2, 0.25) is 0 Å². The fourth-order valence-corrected chi connectivity index (χ4v) is 2.21. The molecule has 0 saturated heterocycles. The lowest BCUT2D eigenvalue weighted by Crippen LogP contribution is -2.05. The number of anilines is 3. The van der Waals surface area contributed by atoms with Gasteiger partial charge in [-0.05, 0) is 31.9 Å². The van der Waals surface area contributed by atoms with E-state index in [9.17, 15) is 0 Å². The van der Waals surface area contributed by atoms with E-state index in [-0.39, 0.29) is 0 Å². The van der Waals surface area contributed by atoms with Gasteiger partial charge >= 0.3 is 0 Å². The average Bonchev–Trinajstić information content (AvgIpc) is 2.69. The van der Waals surface area contributed by atoms with E-state index in [4.69, 9.17) is 5.73 Å².